The van der Waals surface area contributed by atoms with Gasteiger partial charge >= 0.3 is 0 Å². The first-order valence-corrected chi connectivity index (χ1v) is 9.38. The predicted molar refractivity (Wildman–Crippen MR) is 93.6 cm³/mol. The number of amides is 1. The van der Waals surface area contributed by atoms with Crippen molar-refractivity contribution in [3.05, 3.63) is 46.8 Å². The molecule has 1 aromatic carbocycles. The van der Waals surface area contributed by atoms with E-state index < -0.39 is 10.0 Å². The summed E-state index contributed by atoms with van der Waals surface area (Å²) in [7, 11) is -2.04. The second kappa shape index (κ2) is 8.12. The lowest BCUT2D eigenvalue weighted by Crippen LogP contribution is -2.27. The zero-order valence-corrected chi connectivity index (χ0v) is 15.6. The molecule has 0 bridgehead atoms. The molecule has 0 spiro atoms. The molecule has 0 fully saturated rings. The summed E-state index contributed by atoms with van der Waals surface area (Å²) < 4.78 is 31.6. The van der Waals surface area contributed by atoms with E-state index in [0.29, 0.717) is 17.9 Å². The van der Waals surface area contributed by atoms with Gasteiger partial charge in [0.1, 0.15) is 5.76 Å². The quantitative estimate of drug-likeness (QED) is 0.736. The van der Waals surface area contributed by atoms with Gasteiger partial charge in [-0.15, -0.1) is 0 Å². The van der Waals surface area contributed by atoms with Crippen molar-refractivity contribution < 1.29 is 17.7 Å². The molecule has 0 atom stereocenters. The topological polar surface area (TPSA) is 116 Å². The molecule has 1 amide bonds. The van der Waals surface area contributed by atoms with Crippen LogP contribution in [0.2, 0.25) is 0 Å². The van der Waals surface area contributed by atoms with Gasteiger partial charge in [0.15, 0.2) is 0 Å². The molecule has 0 aliphatic heterocycles. The van der Waals surface area contributed by atoms with E-state index in [1.807, 2.05) is 13.0 Å². The normalized spacial score (nSPS) is 11.2. The largest absolute Gasteiger partial charge is 0.361 e. The summed E-state index contributed by atoms with van der Waals surface area (Å²) in [5.41, 5.74) is 1.95. The summed E-state index contributed by atoms with van der Waals surface area (Å²) in [6.07, 6.45) is 0.0856. The number of sulfonamides is 1. The van der Waals surface area contributed by atoms with E-state index in [2.05, 4.69) is 9.88 Å². The van der Waals surface area contributed by atoms with E-state index in [0.717, 1.165) is 11.3 Å². The fourth-order valence-electron chi connectivity index (χ4n) is 2.36. The third-order valence-corrected chi connectivity index (χ3v) is 5.34. The van der Waals surface area contributed by atoms with Crippen molar-refractivity contribution in [1.82, 2.24) is 14.8 Å². The number of hydrogen-bond acceptors (Lipinski definition) is 6. The van der Waals surface area contributed by atoms with Crippen molar-refractivity contribution in [2.24, 2.45) is 0 Å². The Bertz CT molecular complexity index is 907. The molecule has 0 saturated heterocycles. The van der Waals surface area contributed by atoms with Crippen LogP contribution in [0.5, 0.6) is 0 Å². The van der Waals surface area contributed by atoms with E-state index in [1.54, 1.807) is 14.0 Å². The van der Waals surface area contributed by atoms with Crippen molar-refractivity contribution >= 4 is 15.9 Å². The van der Waals surface area contributed by atoms with E-state index in [-0.39, 0.29) is 23.8 Å². The highest BCUT2D eigenvalue weighted by molar-refractivity contribution is 7.89. The van der Waals surface area contributed by atoms with Gasteiger partial charge in [-0.2, -0.15) is 5.26 Å². The number of nitrogens with zero attached hydrogens (tertiary/aromatic N) is 3. The monoisotopic (exact) mass is 376 g/mol. The SMILES string of the molecule is Cc1noc(C)c1CN(C)C(=O)c1ccc(S(=O)(=O)NCCC#N)cc1. The highest BCUT2D eigenvalue weighted by atomic mass is 32.2. The molecular weight excluding hydrogens is 356 g/mol. The minimum absolute atomic E-state index is 0.0414. The maximum absolute atomic E-state index is 12.5. The maximum Gasteiger partial charge on any atom is 0.253 e. The summed E-state index contributed by atoms with van der Waals surface area (Å²) >= 11 is 0. The van der Waals surface area contributed by atoms with Gasteiger partial charge in [-0.05, 0) is 38.1 Å². The zero-order valence-electron chi connectivity index (χ0n) is 14.8. The first-order chi connectivity index (χ1) is 12.3. The Kier molecular flexibility index (Phi) is 6.13. The van der Waals surface area contributed by atoms with Gasteiger partial charge in [0.25, 0.3) is 5.91 Å². The minimum atomic E-state index is -3.69. The summed E-state index contributed by atoms with van der Waals surface area (Å²) in [6.45, 7) is 3.98. The predicted octanol–water partition coefficient (Wildman–Crippen LogP) is 1.76. The second-order valence-corrected chi connectivity index (χ2v) is 7.56. The van der Waals surface area contributed by atoms with E-state index in [1.165, 1.54) is 29.2 Å². The Morgan fingerprint density at radius 1 is 1.31 bits per heavy atom. The van der Waals surface area contributed by atoms with E-state index in [4.69, 9.17) is 9.78 Å². The standard InChI is InChI=1S/C17H20N4O4S/c1-12-16(13(2)25-20-12)11-21(3)17(22)14-5-7-15(8-6-14)26(23,24)19-10-4-9-18/h5-8,19H,4,10-11H2,1-3H3. The summed E-state index contributed by atoms with van der Waals surface area (Å²) in [5, 5.41) is 12.3. The molecule has 26 heavy (non-hydrogen) atoms. The van der Waals surface area contributed by atoms with Gasteiger partial charge < -0.3 is 9.42 Å². The van der Waals surface area contributed by atoms with Crippen LogP contribution in [0, 0.1) is 25.2 Å². The number of carbonyl (C=O) groups is 1. The molecular formula is C17H20N4O4S. The van der Waals surface area contributed by atoms with E-state index >= 15 is 0 Å². The second-order valence-electron chi connectivity index (χ2n) is 5.79. The molecule has 2 aromatic rings. The van der Waals surface area contributed by atoms with Crippen molar-refractivity contribution in [1.29, 1.82) is 5.26 Å². The Balaban J connectivity index is 2.10. The number of hydrogen-bond donors (Lipinski definition) is 1. The Hall–Kier alpha value is -2.70. The van der Waals surface area contributed by atoms with E-state index in [9.17, 15) is 13.2 Å². The first-order valence-electron chi connectivity index (χ1n) is 7.90. The summed E-state index contributed by atoms with van der Waals surface area (Å²) in [5.74, 6) is 0.415. The first kappa shape index (κ1) is 19.6. The molecule has 0 aliphatic carbocycles. The lowest BCUT2D eigenvalue weighted by atomic mass is 10.1. The third kappa shape index (κ3) is 4.47. The molecule has 0 aliphatic rings. The number of carbonyl (C=O) groups excluding carboxylic acids is 1. The van der Waals surface area contributed by atoms with Crippen LogP contribution >= 0.6 is 0 Å². The number of benzene rings is 1. The lowest BCUT2D eigenvalue weighted by molar-refractivity contribution is 0.0784. The number of aromatic nitrogens is 1. The van der Waals surface area contributed by atoms with Crippen LogP contribution < -0.4 is 4.72 Å². The van der Waals surface area contributed by atoms with Crippen LogP contribution in [0.15, 0.2) is 33.7 Å². The molecule has 9 heteroatoms. The molecule has 1 heterocycles. The highest BCUT2D eigenvalue weighted by Gasteiger charge is 2.18. The summed E-state index contributed by atoms with van der Waals surface area (Å²) in [4.78, 5) is 14.1. The average molecular weight is 376 g/mol. The molecule has 1 aromatic heterocycles. The molecule has 138 valence electrons. The van der Waals surface area contributed by atoms with Crippen LogP contribution in [0.1, 0.15) is 33.8 Å². The van der Waals surface area contributed by atoms with Crippen molar-refractivity contribution in [2.75, 3.05) is 13.6 Å². The minimum Gasteiger partial charge on any atom is -0.361 e. The van der Waals surface area contributed by atoms with Crippen LogP contribution in [0.4, 0.5) is 0 Å². The van der Waals surface area contributed by atoms with Gasteiger partial charge in [0, 0.05) is 31.1 Å². The lowest BCUT2D eigenvalue weighted by Gasteiger charge is -2.17. The average Bonchev–Trinajstić information content (AvgIpc) is 2.93. The fraction of sp³-hybridized carbons (Fsp3) is 0.353. The number of nitrogens with one attached hydrogen (secondary N) is 1. The van der Waals surface area contributed by atoms with Gasteiger partial charge in [0.05, 0.1) is 23.2 Å². The smallest absolute Gasteiger partial charge is 0.253 e. The van der Waals surface area contributed by atoms with Crippen molar-refractivity contribution in [3.8, 4) is 6.07 Å². The Morgan fingerprint density at radius 3 is 2.50 bits per heavy atom. The van der Waals surface area contributed by atoms with Crippen LogP contribution in [-0.4, -0.2) is 38.0 Å². The molecule has 0 unspecified atom stereocenters. The fourth-order valence-corrected chi connectivity index (χ4v) is 3.39. The third-order valence-electron chi connectivity index (χ3n) is 3.86. The van der Waals surface area contributed by atoms with Gasteiger partial charge in [-0.1, -0.05) is 5.16 Å². The summed E-state index contributed by atoms with van der Waals surface area (Å²) in [6, 6.07) is 7.53. The molecule has 1 N–H and O–H groups in total. The van der Waals surface area contributed by atoms with Gasteiger partial charge in [-0.25, -0.2) is 13.1 Å². The molecule has 2 rings (SSSR count). The molecule has 0 saturated carbocycles. The maximum atomic E-state index is 12.5. The molecule has 8 nitrogen and oxygen atoms in total. The van der Waals surface area contributed by atoms with Crippen molar-refractivity contribution in [2.45, 2.75) is 31.7 Å². The van der Waals surface area contributed by atoms with Gasteiger partial charge in [0.2, 0.25) is 10.0 Å². The number of rotatable bonds is 7. The Labute approximate surface area is 152 Å². The van der Waals surface area contributed by atoms with Gasteiger partial charge in [-0.3, -0.25) is 4.79 Å². The Morgan fingerprint density at radius 2 is 1.96 bits per heavy atom. The number of nitriles is 1. The highest BCUT2D eigenvalue weighted by Crippen LogP contribution is 2.17. The number of aryl methyl sites for hydroxylation is 2. The molecule has 0 radical (unpaired) electrons. The van der Waals surface area contributed by atoms with Crippen LogP contribution in [0.25, 0.3) is 0 Å². The van der Waals surface area contributed by atoms with Crippen LogP contribution in [0.3, 0.4) is 0 Å². The van der Waals surface area contributed by atoms with Crippen molar-refractivity contribution in [3.63, 3.8) is 0 Å². The zero-order chi connectivity index (χ0) is 19.3. The van der Waals surface area contributed by atoms with Crippen LogP contribution in [-0.2, 0) is 16.6 Å².